The Morgan fingerprint density at radius 3 is 2.84 bits per heavy atom. The maximum absolute atomic E-state index is 12.5. The summed E-state index contributed by atoms with van der Waals surface area (Å²) in [6.07, 6.45) is 9.31. The fraction of sp³-hybridized carbons (Fsp3) is 0.667. The first-order valence-electron chi connectivity index (χ1n) is 9.10. The van der Waals surface area contributed by atoms with Crippen LogP contribution in [0.1, 0.15) is 42.6 Å². The number of hydrogen-bond acceptors (Lipinski definition) is 5. The van der Waals surface area contributed by atoms with Gasteiger partial charge in [0, 0.05) is 57.0 Å². The normalized spacial score (nSPS) is 25.8. The van der Waals surface area contributed by atoms with E-state index in [1.165, 1.54) is 12.4 Å². The Balaban J connectivity index is 1.35. The number of ether oxygens (including phenoxy) is 1. The van der Waals surface area contributed by atoms with E-state index in [-0.39, 0.29) is 23.3 Å². The Labute approximate surface area is 147 Å². The third-order valence-electron chi connectivity index (χ3n) is 5.75. The van der Waals surface area contributed by atoms with Crippen molar-refractivity contribution in [2.45, 2.75) is 38.2 Å². The minimum atomic E-state index is -0.0662. The van der Waals surface area contributed by atoms with Gasteiger partial charge < -0.3 is 14.5 Å². The van der Waals surface area contributed by atoms with Crippen molar-refractivity contribution < 1.29 is 14.3 Å². The minimum Gasteiger partial charge on any atom is -0.376 e. The summed E-state index contributed by atoms with van der Waals surface area (Å²) in [5.74, 6) is 0.174. The lowest BCUT2D eigenvalue weighted by Gasteiger charge is -2.38. The van der Waals surface area contributed by atoms with Crippen LogP contribution in [0.3, 0.4) is 0 Å². The summed E-state index contributed by atoms with van der Waals surface area (Å²) in [7, 11) is 0. The van der Waals surface area contributed by atoms with Gasteiger partial charge in [-0.3, -0.25) is 14.6 Å². The molecule has 0 aliphatic carbocycles. The van der Waals surface area contributed by atoms with E-state index >= 15 is 0 Å². The smallest absolute Gasteiger partial charge is 0.274 e. The molecule has 4 heterocycles. The van der Waals surface area contributed by atoms with Crippen LogP contribution < -0.4 is 0 Å². The predicted molar refractivity (Wildman–Crippen MR) is 89.8 cm³/mol. The van der Waals surface area contributed by atoms with Gasteiger partial charge in [0.05, 0.1) is 12.3 Å². The highest BCUT2D eigenvalue weighted by molar-refractivity contribution is 5.92. The summed E-state index contributed by atoms with van der Waals surface area (Å²) in [6.45, 7) is 3.70. The summed E-state index contributed by atoms with van der Waals surface area (Å²) >= 11 is 0. The second-order valence-corrected chi connectivity index (χ2v) is 7.47. The van der Waals surface area contributed by atoms with Gasteiger partial charge in [-0.25, -0.2) is 4.98 Å². The number of likely N-dealkylation sites (tertiary alicyclic amines) is 2. The Bertz CT molecular complexity index is 637. The maximum Gasteiger partial charge on any atom is 0.274 e. The summed E-state index contributed by atoms with van der Waals surface area (Å²) in [5.41, 5.74) is 0.412. The van der Waals surface area contributed by atoms with Crippen LogP contribution in [0, 0.1) is 5.41 Å². The predicted octanol–water partition coefficient (Wildman–Crippen LogP) is 1.11. The van der Waals surface area contributed by atoms with E-state index in [2.05, 4.69) is 9.97 Å². The van der Waals surface area contributed by atoms with Crippen molar-refractivity contribution in [3.63, 3.8) is 0 Å². The molecule has 1 spiro atoms. The van der Waals surface area contributed by atoms with Gasteiger partial charge in [-0.1, -0.05) is 0 Å². The van der Waals surface area contributed by atoms with E-state index < -0.39 is 0 Å². The van der Waals surface area contributed by atoms with Crippen LogP contribution in [0.25, 0.3) is 0 Å². The summed E-state index contributed by atoms with van der Waals surface area (Å²) in [4.78, 5) is 36.8. The molecule has 0 N–H and O–H groups in total. The Morgan fingerprint density at radius 1 is 1.32 bits per heavy atom. The maximum atomic E-state index is 12.5. The molecule has 0 radical (unpaired) electrons. The summed E-state index contributed by atoms with van der Waals surface area (Å²) in [5, 5.41) is 0. The highest BCUT2D eigenvalue weighted by Gasteiger charge is 2.46. The SMILES string of the molecule is O=C1CC2(CCN(C(=O)c3cnccn3)CC2)CN1C[C@H]1CCCO1. The molecule has 3 fully saturated rings. The fourth-order valence-corrected chi connectivity index (χ4v) is 4.27. The molecular weight excluding hydrogens is 320 g/mol. The van der Waals surface area contributed by atoms with Crippen molar-refractivity contribution in [3.8, 4) is 0 Å². The highest BCUT2D eigenvalue weighted by Crippen LogP contribution is 2.41. The molecule has 2 amide bonds. The third kappa shape index (κ3) is 3.38. The van der Waals surface area contributed by atoms with Gasteiger partial charge >= 0.3 is 0 Å². The van der Waals surface area contributed by atoms with Gasteiger partial charge in [-0.2, -0.15) is 0 Å². The van der Waals surface area contributed by atoms with E-state index in [9.17, 15) is 9.59 Å². The average Bonchev–Trinajstić information content (AvgIpc) is 3.25. The number of hydrogen-bond donors (Lipinski definition) is 0. The molecule has 3 aliphatic heterocycles. The number of carbonyl (C=O) groups excluding carboxylic acids is 2. The largest absolute Gasteiger partial charge is 0.376 e. The molecule has 3 aliphatic rings. The van der Waals surface area contributed by atoms with Crippen molar-refractivity contribution >= 4 is 11.8 Å². The molecule has 1 aromatic rings. The van der Waals surface area contributed by atoms with Gasteiger partial charge in [0.1, 0.15) is 5.69 Å². The molecule has 0 saturated carbocycles. The van der Waals surface area contributed by atoms with E-state index in [4.69, 9.17) is 4.74 Å². The van der Waals surface area contributed by atoms with Crippen molar-refractivity contribution in [3.05, 3.63) is 24.3 Å². The zero-order valence-electron chi connectivity index (χ0n) is 14.4. The first-order valence-corrected chi connectivity index (χ1v) is 9.10. The number of nitrogens with zero attached hydrogens (tertiary/aromatic N) is 4. The molecule has 0 unspecified atom stereocenters. The Kier molecular flexibility index (Phi) is 4.41. The molecule has 1 atom stereocenters. The number of aromatic nitrogens is 2. The van der Waals surface area contributed by atoms with Crippen molar-refractivity contribution in [1.29, 1.82) is 0 Å². The van der Waals surface area contributed by atoms with Crippen molar-refractivity contribution in [2.75, 3.05) is 32.8 Å². The third-order valence-corrected chi connectivity index (χ3v) is 5.75. The fourth-order valence-electron chi connectivity index (χ4n) is 4.27. The molecule has 0 aromatic carbocycles. The topological polar surface area (TPSA) is 75.6 Å². The van der Waals surface area contributed by atoms with Gasteiger partial charge in [0.2, 0.25) is 5.91 Å². The Hall–Kier alpha value is -2.02. The molecule has 134 valence electrons. The standard InChI is InChI=1S/C18H24N4O3/c23-16-10-18(13-22(16)12-14-2-1-9-25-14)3-7-21(8-4-18)17(24)15-11-19-5-6-20-15/h5-6,11,14H,1-4,7-10,12-13H2/t14-/m1/s1. The van der Waals surface area contributed by atoms with Crippen LogP contribution in [0.5, 0.6) is 0 Å². The van der Waals surface area contributed by atoms with E-state index in [0.717, 1.165) is 45.4 Å². The Morgan fingerprint density at radius 2 is 2.16 bits per heavy atom. The molecule has 0 bridgehead atoms. The first-order chi connectivity index (χ1) is 12.2. The molecule has 4 rings (SSSR count). The number of piperidine rings is 1. The highest BCUT2D eigenvalue weighted by atomic mass is 16.5. The van der Waals surface area contributed by atoms with Crippen molar-refractivity contribution in [2.24, 2.45) is 5.41 Å². The van der Waals surface area contributed by atoms with Gasteiger partial charge in [0.25, 0.3) is 5.91 Å². The van der Waals surface area contributed by atoms with Gasteiger partial charge in [-0.05, 0) is 25.7 Å². The number of amides is 2. The van der Waals surface area contributed by atoms with Crippen LogP contribution in [0.2, 0.25) is 0 Å². The van der Waals surface area contributed by atoms with E-state index in [1.807, 2.05) is 9.80 Å². The molecule has 25 heavy (non-hydrogen) atoms. The monoisotopic (exact) mass is 344 g/mol. The molecular formula is C18H24N4O3. The number of carbonyl (C=O) groups is 2. The van der Waals surface area contributed by atoms with Crippen molar-refractivity contribution in [1.82, 2.24) is 19.8 Å². The zero-order valence-corrected chi connectivity index (χ0v) is 14.4. The lowest BCUT2D eigenvalue weighted by Crippen LogP contribution is -2.45. The molecule has 3 saturated heterocycles. The first kappa shape index (κ1) is 16.4. The van der Waals surface area contributed by atoms with Crippen LogP contribution in [0.4, 0.5) is 0 Å². The lowest BCUT2D eigenvalue weighted by atomic mass is 9.77. The number of rotatable bonds is 3. The van der Waals surface area contributed by atoms with E-state index in [1.54, 1.807) is 6.20 Å². The second kappa shape index (κ2) is 6.71. The molecule has 7 heteroatoms. The second-order valence-electron chi connectivity index (χ2n) is 7.47. The average molecular weight is 344 g/mol. The van der Waals surface area contributed by atoms with Crippen LogP contribution >= 0.6 is 0 Å². The quantitative estimate of drug-likeness (QED) is 0.821. The zero-order chi connectivity index (χ0) is 17.3. The lowest BCUT2D eigenvalue weighted by molar-refractivity contribution is -0.129. The van der Waals surface area contributed by atoms with Crippen LogP contribution in [-0.2, 0) is 9.53 Å². The summed E-state index contributed by atoms with van der Waals surface area (Å²) < 4.78 is 5.68. The van der Waals surface area contributed by atoms with Gasteiger partial charge in [0.15, 0.2) is 0 Å². The van der Waals surface area contributed by atoms with Crippen LogP contribution in [-0.4, -0.2) is 70.5 Å². The minimum absolute atomic E-state index is 0.0227. The molecule has 1 aromatic heterocycles. The van der Waals surface area contributed by atoms with E-state index in [0.29, 0.717) is 25.2 Å². The summed E-state index contributed by atoms with van der Waals surface area (Å²) in [6, 6.07) is 0. The van der Waals surface area contributed by atoms with Crippen LogP contribution in [0.15, 0.2) is 18.6 Å². The van der Waals surface area contributed by atoms with Gasteiger partial charge in [-0.15, -0.1) is 0 Å². The molecule has 7 nitrogen and oxygen atoms in total.